The van der Waals surface area contributed by atoms with Crippen LogP contribution in [0, 0.1) is 10.8 Å². The highest BCUT2D eigenvalue weighted by molar-refractivity contribution is 6.39. The molecule has 39 heavy (non-hydrogen) atoms. The molecule has 4 rings (SSSR count). The van der Waals surface area contributed by atoms with Crippen LogP contribution < -0.4 is 5.32 Å². The molecular weight excluding hydrogens is 558 g/mol. The third-order valence-corrected chi connectivity index (χ3v) is 9.13. The predicted octanol–water partition coefficient (Wildman–Crippen LogP) is 6.98. The Morgan fingerprint density at radius 3 is 2.21 bits per heavy atom. The number of alkyl halides is 3. The molecule has 0 bridgehead atoms. The molecule has 2 aromatic rings. The Morgan fingerprint density at radius 2 is 1.72 bits per heavy atom. The number of benzene rings is 1. The number of nitrogens with one attached hydrogen (secondary N) is 1. The van der Waals surface area contributed by atoms with Gasteiger partial charge in [0, 0.05) is 12.5 Å². The lowest BCUT2D eigenvalue weighted by Crippen LogP contribution is -2.51. The van der Waals surface area contributed by atoms with Gasteiger partial charge in [0.25, 0.3) is 5.91 Å². The Labute approximate surface area is 234 Å². The van der Waals surface area contributed by atoms with E-state index in [1.807, 2.05) is 6.92 Å². The van der Waals surface area contributed by atoms with E-state index in [-0.39, 0.29) is 47.7 Å². The summed E-state index contributed by atoms with van der Waals surface area (Å²) in [6, 6.07) is 3.19. The number of carbonyl (C=O) groups excluding carboxylic acids is 2. The zero-order valence-corrected chi connectivity index (χ0v) is 23.1. The molecular formula is C27H30Cl2F3N3O4. The highest BCUT2D eigenvalue weighted by Crippen LogP contribution is 2.46. The van der Waals surface area contributed by atoms with Crippen molar-refractivity contribution in [2.24, 2.45) is 10.8 Å². The number of hydrogen-bond donors (Lipinski definition) is 2. The normalized spacial score (nSPS) is 23.5. The van der Waals surface area contributed by atoms with Crippen LogP contribution >= 0.6 is 23.2 Å². The van der Waals surface area contributed by atoms with Crippen LogP contribution in [0.4, 0.5) is 13.2 Å². The van der Waals surface area contributed by atoms with Gasteiger partial charge in [0.15, 0.2) is 11.5 Å². The molecule has 1 heterocycles. The number of ketones is 1. The summed E-state index contributed by atoms with van der Waals surface area (Å²) in [7, 11) is 0. The molecule has 2 saturated carbocycles. The van der Waals surface area contributed by atoms with Crippen molar-refractivity contribution < 1.29 is 32.7 Å². The van der Waals surface area contributed by atoms with E-state index in [9.17, 15) is 32.7 Å². The zero-order chi connectivity index (χ0) is 28.8. The summed E-state index contributed by atoms with van der Waals surface area (Å²) >= 11 is 12.4. The molecule has 1 aromatic heterocycles. The van der Waals surface area contributed by atoms with E-state index in [0.717, 1.165) is 17.3 Å². The zero-order valence-electron chi connectivity index (χ0n) is 21.6. The fourth-order valence-electron chi connectivity index (χ4n) is 5.63. The molecule has 2 aliphatic carbocycles. The molecule has 1 unspecified atom stereocenters. The van der Waals surface area contributed by atoms with Gasteiger partial charge < -0.3 is 10.4 Å². The lowest BCUT2D eigenvalue weighted by Gasteiger charge is -2.45. The fraction of sp³-hybridized carbons (Fsp3) is 0.556. The topological polar surface area (TPSA) is 101 Å². The van der Waals surface area contributed by atoms with Crippen molar-refractivity contribution in [3.8, 4) is 0 Å². The molecule has 2 aliphatic rings. The number of carboxylic acids is 1. The molecule has 2 fully saturated rings. The summed E-state index contributed by atoms with van der Waals surface area (Å²) in [6.07, 6.45) is -1.16. The van der Waals surface area contributed by atoms with Crippen molar-refractivity contribution in [1.82, 2.24) is 15.1 Å². The Bertz CT molecular complexity index is 1260. The summed E-state index contributed by atoms with van der Waals surface area (Å²) in [5.41, 5.74) is -3.20. The molecule has 0 aliphatic heterocycles. The third kappa shape index (κ3) is 5.82. The third-order valence-electron chi connectivity index (χ3n) is 8.50. The van der Waals surface area contributed by atoms with Crippen molar-refractivity contribution in [2.45, 2.75) is 83.5 Å². The molecule has 1 aromatic carbocycles. The van der Waals surface area contributed by atoms with Crippen LogP contribution in [0.5, 0.6) is 0 Å². The highest BCUT2D eigenvalue weighted by Gasteiger charge is 2.46. The lowest BCUT2D eigenvalue weighted by molar-refractivity contribution is -0.152. The molecule has 2 N–H and O–H groups in total. The first kappa shape index (κ1) is 29.4. The van der Waals surface area contributed by atoms with Gasteiger partial charge in [0.2, 0.25) is 0 Å². The Morgan fingerprint density at radius 1 is 1.13 bits per heavy atom. The Balaban J connectivity index is 1.60. The number of hydrogen-bond acceptors (Lipinski definition) is 4. The van der Waals surface area contributed by atoms with Gasteiger partial charge in [-0.3, -0.25) is 19.1 Å². The molecule has 212 valence electrons. The van der Waals surface area contributed by atoms with Crippen LogP contribution in [-0.4, -0.2) is 38.6 Å². The van der Waals surface area contributed by atoms with E-state index >= 15 is 0 Å². The molecule has 7 nitrogen and oxygen atoms in total. The molecule has 1 atom stereocenters. The largest absolute Gasteiger partial charge is 0.481 e. The van der Waals surface area contributed by atoms with Crippen LogP contribution in [0.2, 0.25) is 10.0 Å². The SMILES string of the molecule is CC1(C(=O)O)CCC(n2ncc(C(=O)NC(CC(=O)c3c(Cl)cccc3Cl)C3(C)CCC3)c2C(F)(F)F)CC1. The van der Waals surface area contributed by atoms with Crippen molar-refractivity contribution >= 4 is 40.9 Å². The summed E-state index contributed by atoms with van der Waals surface area (Å²) in [4.78, 5) is 38.1. The fourth-order valence-corrected chi connectivity index (χ4v) is 6.24. The van der Waals surface area contributed by atoms with Gasteiger partial charge in [-0.15, -0.1) is 0 Å². The quantitative estimate of drug-likeness (QED) is 0.324. The number of aromatic nitrogens is 2. The second-order valence-electron chi connectivity index (χ2n) is 11.2. The van der Waals surface area contributed by atoms with Gasteiger partial charge in [0.05, 0.1) is 38.8 Å². The maximum absolute atomic E-state index is 14.3. The number of rotatable bonds is 8. The average Bonchev–Trinajstić information content (AvgIpc) is 3.28. The van der Waals surface area contributed by atoms with Gasteiger partial charge in [-0.05, 0) is 63.0 Å². The smallest absolute Gasteiger partial charge is 0.433 e. The monoisotopic (exact) mass is 587 g/mol. The first-order valence-corrected chi connectivity index (χ1v) is 13.6. The summed E-state index contributed by atoms with van der Waals surface area (Å²) in [5.74, 6) is -2.38. The van der Waals surface area contributed by atoms with Gasteiger partial charge >= 0.3 is 12.1 Å². The highest BCUT2D eigenvalue weighted by atomic mass is 35.5. The second-order valence-corrected chi connectivity index (χ2v) is 12.0. The van der Waals surface area contributed by atoms with E-state index in [2.05, 4.69) is 10.4 Å². The number of carbonyl (C=O) groups is 3. The van der Waals surface area contributed by atoms with Gasteiger partial charge in [0.1, 0.15) is 0 Å². The van der Waals surface area contributed by atoms with Crippen molar-refractivity contribution in [3.63, 3.8) is 0 Å². The maximum atomic E-state index is 14.3. The minimum absolute atomic E-state index is 0.109. The minimum atomic E-state index is -4.88. The van der Waals surface area contributed by atoms with Crippen LogP contribution in [0.15, 0.2) is 24.4 Å². The molecule has 1 amide bonds. The minimum Gasteiger partial charge on any atom is -0.481 e. The predicted molar refractivity (Wildman–Crippen MR) is 139 cm³/mol. The number of amides is 1. The van der Waals surface area contributed by atoms with Gasteiger partial charge in [-0.1, -0.05) is 42.6 Å². The number of nitrogens with zero attached hydrogens (tertiary/aromatic N) is 2. The van der Waals surface area contributed by atoms with E-state index in [1.165, 1.54) is 12.1 Å². The molecule has 12 heteroatoms. The number of carboxylic acid groups (broad SMARTS) is 1. The summed E-state index contributed by atoms with van der Waals surface area (Å²) < 4.78 is 43.7. The Kier molecular flexibility index (Phi) is 8.11. The standard InChI is InChI=1S/C27H30Cl2F3N3O4/c1-25(9-4-10-25)20(13-19(36)21-17(28)5-3-6-18(21)29)34-23(37)16-14-33-35(22(16)27(30,31)32)15-7-11-26(2,12-8-15)24(38)39/h3,5-6,14-15,20H,4,7-13H2,1-2H3,(H,34,37)(H,38,39). The number of aliphatic carboxylic acids is 1. The first-order chi connectivity index (χ1) is 18.2. The van der Waals surface area contributed by atoms with Crippen molar-refractivity contribution in [1.29, 1.82) is 0 Å². The van der Waals surface area contributed by atoms with Crippen molar-refractivity contribution in [3.05, 3.63) is 51.3 Å². The van der Waals surface area contributed by atoms with E-state index in [1.54, 1.807) is 13.0 Å². The lowest BCUT2D eigenvalue weighted by atomic mass is 9.64. The Hall–Kier alpha value is -2.59. The number of Topliss-reactive ketones (excluding diaryl/α,β-unsaturated/α-hetero) is 1. The van der Waals surface area contributed by atoms with Crippen LogP contribution in [-0.2, 0) is 11.0 Å². The van der Waals surface area contributed by atoms with E-state index in [4.69, 9.17) is 23.2 Å². The first-order valence-electron chi connectivity index (χ1n) is 12.8. The molecule has 0 spiro atoms. The van der Waals surface area contributed by atoms with Crippen LogP contribution in [0.1, 0.15) is 97.7 Å². The van der Waals surface area contributed by atoms with Crippen molar-refractivity contribution in [2.75, 3.05) is 0 Å². The average molecular weight is 588 g/mol. The summed E-state index contributed by atoms with van der Waals surface area (Å²) in [6.45, 7) is 3.47. The second kappa shape index (κ2) is 10.8. The van der Waals surface area contributed by atoms with Gasteiger partial charge in [-0.2, -0.15) is 18.3 Å². The van der Waals surface area contributed by atoms with E-state index < -0.39 is 58.0 Å². The summed E-state index contributed by atoms with van der Waals surface area (Å²) in [5, 5.41) is 16.4. The molecule has 0 radical (unpaired) electrons. The number of halogens is 5. The molecule has 0 saturated heterocycles. The maximum Gasteiger partial charge on any atom is 0.433 e. The van der Waals surface area contributed by atoms with Crippen LogP contribution in [0.25, 0.3) is 0 Å². The van der Waals surface area contributed by atoms with Gasteiger partial charge in [-0.25, -0.2) is 0 Å². The van der Waals surface area contributed by atoms with E-state index in [0.29, 0.717) is 12.8 Å². The van der Waals surface area contributed by atoms with Crippen LogP contribution in [0.3, 0.4) is 0 Å².